The topological polar surface area (TPSA) is 53.4 Å². The van der Waals surface area contributed by atoms with Crippen molar-refractivity contribution in [1.82, 2.24) is 9.55 Å². The number of Topliss-reactive ketones (excluding diaryl/α,β-unsaturated/α-hetero) is 1. The molecule has 0 spiro atoms. The molecule has 0 aliphatic carbocycles. The maximum absolute atomic E-state index is 11.4. The molecule has 0 atom stereocenters. The Morgan fingerprint density at radius 1 is 1.53 bits per heavy atom. The van der Waals surface area contributed by atoms with E-state index >= 15 is 0 Å². The molecule has 0 unspecified atom stereocenters. The molecule has 1 aromatic heterocycles. The molecule has 1 rings (SSSR count). The number of carbonyl (C=O) groups excluding carboxylic acids is 1. The van der Waals surface area contributed by atoms with E-state index in [1.807, 2.05) is 17.8 Å². The van der Waals surface area contributed by atoms with Gasteiger partial charge in [0, 0.05) is 26.6 Å². The van der Waals surface area contributed by atoms with Crippen LogP contribution in [0.25, 0.3) is 0 Å². The second kappa shape index (κ2) is 6.31. The second-order valence-electron chi connectivity index (χ2n) is 3.22. The minimum absolute atomic E-state index is 0.0282. The summed E-state index contributed by atoms with van der Waals surface area (Å²) in [4.78, 5) is 15.5. The van der Waals surface area contributed by atoms with Crippen molar-refractivity contribution in [2.75, 3.05) is 26.9 Å². The number of ketones is 1. The van der Waals surface area contributed by atoms with Crippen molar-refractivity contribution in [2.45, 2.75) is 6.42 Å². The van der Waals surface area contributed by atoms with Gasteiger partial charge in [-0.3, -0.25) is 4.79 Å². The van der Waals surface area contributed by atoms with Crippen molar-refractivity contribution in [2.24, 2.45) is 7.05 Å². The largest absolute Gasteiger partial charge is 0.382 e. The SMILES string of the molecule is COCCOCC(=O)Cc1nccn1C. The zero-order chi connectivity index (χ0) is 11.1. The molecular weight excluding hydrogens is 196 g/mol. The Hall–Kier alpha value is -1.20. The van der Waals surface area contributed by atoms with Gasteiger partial charge in [0.25, 0.3) is 0 Å². The fourth-order valence-electron chi connectivity index (χ4n) is 1.12. The molecule has 0 N–H and O–H groups in total. The van der Waals surface area contributed by atoms with E-state index in [0.717, 1.165) is 5.82 Å². The Labute approximate surface area is 89.0 Å². The van der Waals surface area contributed by atoms with Crippen LogP contribution in [0.15, 0.2) is 12.4 Å². The van der Waals surface area contributed by atoms with Crippen molar-refractivity contribution < 1.29 is 14.3 Å². The minimum Gasteiger partial charge on any atom is -0.382 e. The summed E-state index contributed by atoms with van der Waals surface area (Å²) in [6.45, 7) is 1.08. The molecule has 5 nitrogen and oxygen atoms in total. The zero-order valence-electron chi connectivity index (χ0n) is 9.10. The Kier molecular flexibility index (Phi) is 5.00. The lowest BCUT2D eigenvalue weighted by atomic mass is 10.3. The van der Waals surface area contributed by atoms with Crippen molar-refractivity contribution in [3.63, 3.8) is 0 Å². The number of rotatable bonds is 7. The molecule has 0 saturated carbocycles. The van der Waals surface area contributed by atoms with Gasteiger partial charge < -0.3 is 14.0 Å². The van der Waals surface area contributed by atoms with Crippen LogP contribution in [0.5, 0.6) is 0 Å². The maximum Gasteiger partial charge on any atom is 0.165 e. The van der Waals surface area contributed by atoms with Gasteiger partial charge in [-0.1, -0.05) is 0 Å². The third-order valence-electron chi connectivity index (χ3n) is 1.97. The molecule has 5 heteroatoms. The van der Waals surface area contributed by atoms with Gasteiger partial charge in [0.15, 0.2) is 5.78 Å². The Bertz CT molecular complexity index is 309. The van der Waals surface area contributed by atoms with Crippen LogP contribution in [0.3, 0.4) is 0 Å². The molecule has 0 aromatic carbocycles. The third kappa shape index (κ3) is 4.22. The van der Waals surface area contributed by atoms with Crippen molar-refractivity contribution in [3.8, 4) is 0 Å². The summed E-state index contributed by atoms with van der Waals surface area (Å²) in [5.41, 5.74) is 0. The van der Waals surface area contributed by atoms with E-state index in [0.29, 0.717) is 19.6 Å². The van der Waals surface area contributed by atoms with Gasteiger partial charge in [0.1, 0.15) is 12.4 Å². The van der Waals surface area contributed by atoms with Crippen LogP contribution in [-0.4, -0.2) is 42.3 Å². The average molecular weight is 212 g/mol. The lowest BCUT2D eigenvalue weighted by Crippen LogP contribution is -2.15. The summed E-state index contributed by atoms with van der Waals surface area (Å²) >= 11 is 0. The van der Waals surface area contributed by atoms with Crippen LogP contribution in [0.2, 0.25) is 0 Å². The standard InChI is InChI=1S/C10H16N2O3/c1-12-4-3-11-10(12)7-9(13)8-15-6-5-14-2/h3-4H,5-8H2,1-2H3. The normalized spacial score (nSPS) is 10.5. The predicted molar refractivity (Wildman–Crippen MR) is 54.6 cm³/mol. The van der Waals surface area contributed by atoms with Crippen LogP contribution in [-0.2, 0) is 27.7 Å². The first-order chi connectivity index (χ1) is 7.24. The van der Waals surface area contributed by atoms with Gasteiger partial charge in [0.2, 0.25) is 0 Å². The summed E-state index contributed by atoms with van der Waals surface area (Å²) in [6.07, 6.45) is 3.80. The lowest BCUT2D eigenvalue weighted by Gasteiger charge is -2.03. The molecule has 0 radical (unpaired) electrons. The van der Waals surface area contributed by atoms with Gasteiger partial charge >= 0.3 is 0 Å². The third-order valence-corrected chi connectivity index (χ3v) is 1.97. The van der Waals surface area contributed by atoms with E-state index in [4.69, 9.17) is 9.47 Å². The van der Waals surface area contributed by atoms with Gasteiger partial charge in [0.05, 0.1) is 19.6 Å². The molecule has 0 aliphatic heterocycles. The number of aryl methyl sites for hydroxylation is 1. The van der Waals surface area contributed by atoms with E-state index in [2.05, 4.69) is 4.98 Å². The first kappa shape index (κ1) is 11.9. The highest BCUT2D eigenvalue weighted by atomic mass is 16.5. The molecule has 0 saturated heterocycles. The van der Waals surface area contributed by atoms with Crippen LogP contribution in [0.1, 0.15) is 5.82 Å². The molecule has 0 fully saturated rings. The Morgan fingerprint density at radius 3 is 2.93 bits per heavy atom. The number of ether oxygens (including phenoxy) is 2. The summed E-state index contributed by atoms with van der Waals surface area (Å²) in [5, 5.41) is 0. The van der Waals surface area contributed by atoms with E-state index in [9.17, 15) is 4.79 Å². The number of hydrogen-bond donors (Lipinski definition) is 0. The fourth-order valence-corrected chi connectivity index (χ4v) is 1.12. The van der Waals surface area contributed by atoms with Crippen molar-refractivity contribution in [1.29, 1.82) is 0 Å². The summed E-state index contributed by atoms with van der Waals surface area (Å²) in [7, 11) is 3.46. The Balaban J connectivity index is 2.22. The number of carbonyl (C=O) groups is 1. The molecule has 1 heterocycles. The predicted octanol–water partition coefficient (Wildman–Crippen LogP) is 0.195. The zero-order valence-corrected chi connectivity index (χ0v) is 9.10. The molecule has 1 aromatic rings. The second-order valence-corrected chi connectivity index (χ2v) is 3.22. The summed E-state index contributed by atoms with van der Waals surface area (Å²) < 4.78 is 11.7. The summed E-state index contributed by atoms with van der Waals surface area (Å²) in [5.74, 6) is 0.788. The highest BCUT2D eigenvalue weighted by Gasteiger charge is 2.07. The smallest absolute Gasteiger partial charge is 0.165 e. The van der Waals surface area contributed by atoms with Crippen LogP contribution in [0, 0.1) is 0 Å². The first-order valence-electron chi connectivity index (χ1n) is 4.78. The van der Waals surface area contributed by atoms with E-state index in [1.54, 1.807) is 13.3 Å². The van der Waals surface area contributed by atoms with Gasteiger partial charge in [-0.25, -0.2) is 4.98 Å². The van der Waals surface area contributed by atoms with Crippen LogP contribution in [0.4, 0.5) is 0 Å². The first-order valence-corrected chi connectivity index (χ1v) is 4.78. The number of imidazole rings is 1. The van der Waals surface area contributed by atoms with E-state index in [-0.39, 0.29) is 12.4 Å². The molecule has 0 bridgehead atoms. The van der Waals surface area contributed by atoms with E-state index in [1.165, 1.54) is 0 Å². The number of methoxy groups -OCH3 is 1. The van der Waals surface area contributed by atoms with Crippen LogP contribution >= 0.6 is 0 Å². The molecule has 84 valence electrons. The minimum atomic E-state index is 0.0282. The molecule has 15 heavy (non-hydrogen) atoms. The number of aromatic nitrogens is 2. The number of hydrogen-bond acceptors (Lipinski definition) is 4. The maximum atomic E-state index is 11.4. The molecule has 0 amide bonds. The average Bonchev–Trinajstić information content (AvgIpc) is 2.59. The lowest BCUT2D eigenvalue weighted by molar-refractivity contribution is -0.123. The highest BCUT2D eigenvalue weighted by Crippen LogP contribution is 1.96. The Morgan fingerprint density at radius 2 is 2.33 bits per heavy atom. The fraction of sp³-hybridized carbons (Fsp3) is 0.600. The quantitative estimate of drug-likeness (QED) is 0.606. The van der Waals surface area contributed by atoms with Crippen molar-refractivity contribution in [3.05, 3.63) is 18.2 Å². The van der Waals surface area contributed by atoms with Crippen molar-refractivity contribution >= 4 is 5.78 Å². The van der Waals surface area contributed by atoms with Crippen LogP contribution < -0.4 is 0 Å². The van der Waals surface area contributed by atoms with Gasteiger partial charge in [-0.2, -0.15) is 0 Å². The van der Waals surface area contributed by atoms with Gasteiger partial charge in [-0.15, -0.1) is 0 Å². The number of nitrogens with zero attached hydrogens (tertiary/aromatic N) is 2. The molecule has 0 aliphatic rings. The van der Waals surface area contributed by atoms with Gasteiger partial charge in [-0.05, 0) is 0 Å². The monoisotopic (exact) mass is 212 g/mol. The summed E-state index contributed by atoms with van der Waals surface area (Å²) in [6, 6.07) is 0. The highest BCUT2D eigenvalue weighted by molar-refractivity contribution is 5.81. The van der Waals surface area contributed by atoms with E-state index < -0.39 is 0 Å². The molecular formula is C10H16N2O3.